The number of hydrogen-bond donors (Lipinski definition) is 0. The number of carbonyl (C=O) groups excluding carboxylic acids is 1. The summed E-state index contributed by atoms with van der Waals surface area (Å²) in [5.41, 5.74) is 3.44. The predicted molar refractivity (Wildman–Crippen MR) is 134 cm³/mol. The molecule has 4 rings (SSSR count). The van der Waals surface area contributed by atoms with Gasteiger partial charge in [-0.1, -0.05) is 43.0 Å². The second kappa shape index (κ2) is 11.0. The van der Waals surface area contributed by atoms with Gasteiger partial charge in [-0.15, -0.1) is 10.2 Å². The molecule has 2 heterocycles. The van der Waals surface area contributed by atoms with Crippen LogP contribution in [0.3, 0.4) is 0 Å². The van der Waals surface area contributed by atoms with Gasteiger partial charge in [-0.25, -0.2) is 0 Å². The zero-order valence-electron chi connectivity index (χ0n) is 19.5. The molecule has 4 aromatic rings. The van der Waals surface area contributed by atoms with Crippen molar-refractivity contribution in [1.82, 2.24) is 24.6 Å². The smallest absolute Gasteiger partial charge is 0.253 e. The maximum atomic E-state index is 12.7. The monoisotopic (exact) mass is 473 g/mol. The van der Waals surface area contributed by atoms with E-state index in [1.54, 1.807) is 36.2 Å². The average molecular weight is 474 g/mol. The fraction of sp³-hybridized carbons (Fsp3) is 0.231. The molecule has 0 atom stereocenters. The molecule has 0 bridgehead atoms. The molecule has 0 saturated heterocycles. The van der Waals surface area contributed by atoms with Crippen LogP contribution in [0.15, 0.2) is 78.2 Å². The molecule has 0 saturated carbocycles. The lowest BCUT2D eigenvalue weighted by molar-refractivity contribution is 0.0795. The SMILES string of the molecule is CCCN(C)C(=O)c1cccc(CSc2nnc(-c3cccnc3)n2-c2ccccc2OC)c1. The summed E-state index contributed by atoms with van der Waals surface area (Å²) in [6.07, 6.45) is 4.43. The number of thioether (sulfide) groups is 1. The molecule has 34 heavy (non-hydrogen) atoms. The van der Waals surface area contributed by atoms with Crippen LogP contribution in [0.2, 0.25) is 0 Å². The minimum atomic E-state index is 0.0322. The van der Waals surface area contributed by atoms with Crippen LogP contribution in [0.1, 0.15) is 29.3 Å². The lowest BCUT2D eigenvalue weighted by atomic mass is 10.1. The first-order valence-electron chi connectivity index (χ1n) is 11.1. The first-order valence-corrected chi connectivity index (χ1v) is 12.1. The van der Waals surface area contributed by atoms with E-state index in [4.69, 9.17) is 4.74 Å². The summed E-state index contributed by atoms with van der Waals surface area (Å²) in [5.74, 6) is 2.08. The highest BCUT2D eigenvalue weighted by Gasteiger charge is 2.19. The normalized spacial score (nSPS) is 10.8. The van der Waals surface area contributed by atoms with E-state index in [1.165, 1.54) is 0 Å². The third kappa shape index (κ3) is 5.12. The third-order valence-electron chi connectivity index (χ3n) is 5.33. The van der Waals surface area contributed by atoms with E-state index in [1.807, 2.05) is 72.3 Å². The number of pyridine rings is 1. The number of carbonyl (C=O) groups is 1. The van der Waals surface area contributed by atoms with Gasteiger partial charge in [0.05, 0.1) is 12.8 Å². The highest BCUT2D eigenvalue weighted by atomic mass is 32.2. The van der Waals surface area contributed by atoms with Crippen molar-refractivity contribution in [3.63, 3.8) is 0 Å². The maximum absolute atomic E-state index is 12.7. The Morgan fingerprint density at radius 3 is 2.71 bits per heavy atom. The molecular weight excluding hydrogens is 446 g/mol. The summed E-state index contributed by atoms with van der Waals surface area (Å²) in [7, 11) is 3.49. The van der Waals surface area contributed by atoms with Gasteiger partial charge in [-0.3, -0.25) is 14.3 Å². The zero-order chi connectivity index (χ0) is 23.9. The van der Waals surface area contributed by atoms with Crippen molar-refractivity contribution < 1.29 is 9.53 Å². The van der Waals surface area contributed by atoms with Crippen LogP contribution in [-0.4, -0.2) is 51.3 Å². The summed E-state index contributed by atoms with van der Waals surface area (Å²) >= 11 is 1.56. The van der Waals surface area contributed by atoms with Gasteiger partial charge in [0.2, 0.25) is 0 Å². The van der Waals surface area contributed by atoms with Gasteiger partial charge in [0.1, 0.15) is 5.75 Å². The number of benzene rings is 2. The first-order chi connectivity index (χ1) is 16.6. The second-order valence-electron chi connectivity index (χ2n) is 7.77. The number of para-hydroxylation sites is 2. The van der Waals surface area contributed by atoms with Crippen molar-refractivity contribution in [2.45, 2.75) is 24.3 Å². The van der Waals surface area contributed by atoms with E-state index in [0.717, 1.165) is 40.7 Å². The van der Waals surface area contributed by atoms with E-state index >= 15 is 0 Å². The molecule has 0 aliphatic heterocycles. The number of hydrogen-bond acceptors (Lipinski definition) is 6. The van der Waals surface area contributed by atoms with Crippen LogP contribution in [-0.2, 0) is 5.75 Å². The first kappa shape index (κ1) is 23.5. The van der Waals surface area contributed by atoms with Gasteiger partial charge < -0.3 is 9.64 Å². The molecule has 0 N–H and O–H groups in total. The van der Waals surface area contributed by atoms with E-state index in [0.29, 0.717) is 17.1 Å². The molecule has 0 spiro atoms. The lowest BCUT2D eigenvalue weighted by Gasteiger charge is -2.16. The molecule has 0 unspecified atom stereocenters. The van der Waals surface area contributed by atoms with Crippen LogP contribution in [0.4, 0.5) is 0 Å². The average Bonchev–Trinajstić information content (AvgIpc) is 3.31. The molecule has 1 amide bonds. The minimum absolute atomic E-state index is 0.0322. The summed E-state index contributed by atoms with van der Waals surface area (Å²) < 4.78 is 7.61. The zero-order valence-corrected chi connectivity index (χ0v) is 20.3. The predicted octanol–water partition coefficient (Wildman–Crippen LogP) is 5.11. The lowest BCUT2D eigenvalue weighted by Crippen LogP contribution is -2.27. The molecule has 0 fully saturated rings. The van der Waals surface area contributed by atoms with Gasteiger partial charge >= 0.3 is 0 Å². The Morgan fingerprint density at radius 1 is 1.09 bits per heavy atom. The van der Waals surface area contributed by atoms with E-state index in [-0.39, 0.29) is 5.91 Å². The number of aromatic nitrogens is 4. The van der Waals surface area contributed by atoms with Crippen molar-refractivity contribution in [1.29, 1.82) is 0 Å². The number of nitrogens with zero attached hydrogens (tertiary/aromatic N) is 5. The molecule has 7 nitrogen and oxygen atoms in total. The number of methoxy groups -OCH3 is 1. The van der Waals surface area contributed by atoms with Gasteiger partial charge in [0, 0.05) is 42.9 Å². The van der Waals surface area contributed by atoms with Crippen LogP contribution < -0.4 is 4.74 Å². The largest absolute Gasteiger partial charge is 0.495 e. The summed E-state index contributed by atoms with van der Waals surface area (Å²) in [4.78, 5) is 18.7. The Bertz CT molecular complexity index is 1260. The van der Waals surface area contributed by atoms with Gasteiger partial charge in [0.25, 0.3) is 5.91 Å². The summed E-state index contributed by atoms with van der Waals surface area (Å²) in [6, 6.07) is 19.4. The Kier molecular flexibility index (Phi) is 7.59. The topological polar surface area (TPSA) is 73.1 Å². The highest BCUT2D eigenvalue weighted by molar-refractivity contribution is 7.98. The summed E-state index contributed by atoms with van der Waals surface area (Å²) in [6.45, 7) is 2.80. The molecule has 8 heteroatoms. The van der Waals surface area contributed by atoms with E-state index in [9.17, 15) is 4.79 Å². The number of rotatable bonds is 9. The quantitative estimate of drug-likeness (QED) is 0.315. The molecule has 2 aromatic carbocycles. The highest BCUT2D eigenvalue weighted by Crippen LogP contribution is 2.33. The van der Waals surface area contributed by atoms with Crippen molar-refractivity contribution in [2.24, 2.45) is 0 Å². The van der Waals surface area contributed by atoms with Crippen LogP contribution in [0, 0.1) is 0 Å². The number of amides is 1. The van der Waals surface area contributed by atoms with Gasteiger partial charge in [0.15, 0.2) is 11.0 Å². The standard InChI is InChI=1S/C26H27N5O2S/c1-4-15-30(2)25(32)20-10-7-9-19(16-20)18-34-26-29-28-24(21-11-8-14-27-17-21)31(26)22-12-5-6-13-23(22)33-3/h5-14,16-17H,4,15,18H2,1-3H3. The Labute approximate surface area is 203 Å². The van der Waals surface area contributed by atoms with Crippen molar-refractivity contribution >= 4 is 17.7 Å². The van der Waals surface area contributed by atoms with Crippen LogP contribution >= 0.6 is 11.8 Å². The fourth-order valence-corrected chi connectivity index (χ4v) is 4.56. The molecule has 0 radical (unpaired) electrons. The van der Waals surface area contributed by atoms with E-state index < -0.39 is 0 Å². The molecule has 174 valence electrons. The van der Waals surface area contributed by atoms with Gasteiger partial charge in [-0.05, 0) is 48.4 Å². The third-order valence-corrected chi connectivity index (χ3v) is 6.33. The fourth-order valence-electron chi connectivity index (χ4n) is 3.68. The molecule has 0 aliphatic carbocycles. The number of ether oxygens (including phenoxy) is 1. The molecule has 0 aliphatic rings. The Balaban J connectivity index is 1.65. The molecule has 2 aromatic heterocycles. The second-order valence-corrected chi connectivity index (χ2v) is 8.71. The van der Waals surface area contributed by atoms with Crippen LogP contribution in [0.5, 0.6) is 5.75 Å². The van der Waals surface area contributed by atoms with E-state index in [2.05, 4.69) is 22.1 Å². The van der Waals surface area contributed by atoms with Crippen molar-refractivity contribution in [3.05, 3.63) is 84.2 Å². The molecular formula is C26H27N5O2S. The maximum Gasteiger partial charge on any atom is 0.253 e. The van der Waals surface area contributed by atoms with Gasteiger partial charge in [-0.2, -0.15) is 0 Å². The van der Waals surface area contributed by atoms with Crippen molar-refractivity contribution in [2.75, 3.05) is 20.7 Å². The van der Waals surface area contributed by atoms with Crippen molar-refractivity contribution in [3.8, 4) is 22.8 Å². The Morgan fingerprint density at radius 2 is 1.94 bits per heavy atom. The Hall–Kier alpha value is -3.65. The minimum Gasteiger partial charge on any atom is -0.495 e. The summed E-state index contributed by atoms with van der Waals surface area (Å²) in [5, 5.41) is 9.69. The van der Waals surface area contributed by atoms with Crippen LogP contribution in [0.25, 0.3) is 17.1 Å².